The molecule has 2 unspecified atom stereocenters. The summed E-state index contributed by atoms with van der Waals surface area (Å²) in [7, 11) is 0. The predicted molar refractivity (Wildman–Crippen MR) is 57.6 cm³/mol. The van der Waals surface area contributed by atoms with Gasteiger partial charge < -0.3 is 10.4 Å². The number of thiazole rings is 1. The van der Waals surface area contributed by atoms with Crippen molar-refractivity contribution in [3.8, 4) is 0 Å². The van der Waals surface area contributed by atoms with Crippen molar-refractivity contribution >= 4 is 11.3 Å². The van der Waals surface area contributed by atoms with E-state index < -0.39 is 0 Å². The molecule has 1 aliphatic rings. The molecule has 2 heterocycles. The van der Waals surface area contributed by atoms with E-state index in [4.69, 9.17) is 0 Å². The van der Waals surface area contributed by atoms with E-state index in [1.54, 1.807) is 11.3 Å². The molecule has 0 radical (unpaired) electrons. The Balaban J connectivity index is 1.90. The Hall–Kier alpha value is -0.450. The Morgan fingerprint density at radius 3 is 3.21 bits per heavy atom. The lowest BCUT2D eigenvalue weighted by Crippen LogP contribution is -2.36. The molecule has 0 saturated carbocycles. The van der Waals surface area contributed by atoms with E-state index in [0.717, 1.165) is 23.7 Å². The molecule has 1 aliphatic heterocycles. The van der Waals surface area contributed by atoms with Crippen molar-refractivity contribution in [2.45, 2.75) is 38.3 Å². The molecule has 0 aromatic carbocycles. The van der Waals surface area contributed by atoms with Crippen molar-refractivity contribution in [1.82, 2.24) is 10.3 Å². The smallest absolute Gasteiger partial charge is 0.0954 e. The summed E-state index contributed by atoms with van der Waals surface area (Å²) in [4.78, 5) is 4.35. The van der Waals surface area contributed by atoms with Crippen LogP contribution in [-0.2, 0) is 6.42 Å². The van der Waals surface area contributed by atoms with Crippen LogP contribution in [-0.4, -0.2) is 28.8 Å². The highest BCUT2D eigenvalue weighted by molar-refractivity contribution is 7.09. The Morgan fingerprint density at radius 1 is 1.79 bits per heavy atom. The number of aromatic nitrogens is 1. The van der Waals surface area contributed by atoms with Crippen LogP contribution in [0, 0.1) is 6.92 Å². The van der Waals surface area contributed by atoms with Gasteiger partial charge in [0.05, 0.1) is 11.1 Å². The van der Waals surface area contributed by atoms with Gasteiger partial charge in [-0.3, -0.25) is 0 Å². The number of aryl methyl sites for hydroxylation is 1. The van der Waals surface area contributed by atoms with Gasteiger partial charge in [0, 0.05) is 23.5 Å². The molecule has 14 heavy (non-hydrogen) atoms. The van der Waals surface area contributed by atoms with E-state index in [2.05, 4.69) is 10.3 Å². The quantitative estimate of drug-likeness (QED) is 0.789. The maximum absolute atomic E-state index is 9.92. The fourth-order valence-corrected chi connectivity index (χ4v) is 2.68. The number of hydrogen-bond acceptors (Lipinski definition) is 4. The molecule has 0 spiro atoms. The summed E-state index contributed by atoms with van der Waals surface area (Å²) in [5, 5.41) is 16.3. The molecule has 0 amide bonds. The van der Waals surface area contributed by atoms with Crippen molar-refractivity contribution in [3.05, 3.63) is 16.1 Å². The normalized spacial score (nSPS) is 24.0. The Morgan fingerprint density at radius 2 is 2.64 bits per heavy atom. The summed E-state index contributed by atoms with van der Waals surface area (Å²) in [5.74, 6) is 0. The molecule has 1 aromatic rings. The van der Waals surface area contributed by atoms with Gasteiger partial charge in [0.2, 0.25) is 0 Å². The van der Waals surface area contributed by atoms with Gasteiger partial charge in [-0.25, -0.2) is 4.98 Å². The Labute approximate surface area is 88.2 Å². The number of rotatable bonds is 3. The van der Waals surface area contributed by atoms with E-state index in [9.17, 15) is 5.11 Å². The molecule has 2 atom stereocenters. The van der Waals surface area contributed by atoms with Crippen LogP contribution in [0.25, 0.3) is 0 Å². The average Bonchev–Trinajstić information content (AvgIpc) is 2.75. The first kappa shape index (κ1) is 10.1. The van der Waals surface area contributed by atoms with Gasteiger partial charge in [0.15, 0.2) is 0 Å². The summed E-state index contributed by atoms with van der Waals surface area (Å²) < 4.78 is 0. The van der Waals surface area contributed by atoms with Crippen molar-refractivity contribution in [3.63, 3.8) is 0 Å². The van der Waals surface area contributed by atoms with E-state index >= 15 is 0 Å². The standard InChI is InChI=1S/C10H16N2OS/c1-7-6-14-10(12-7)5-9(13)8-3-2-4-11-8/h6,8-9,11,13H,2-5H2,1H3. The minimum Gasteiger partial charge on any atom is -0.391 e. The lowest BCUT2D eigenvalue weighted by molar-refractivity contribution is 0.136. The fourth-order valence-electron chi connectivity index (χ4n) is 1.86. The van der Waals surface area contributed by atoms with Crippen LogP contribution >= 0.6 is 11.3 Å². The molecule has 1 aromatic heterocycles. The third-order valence-electron chi connectivity index (χ3n) is 2.61. The van der Waals surface area contributed by atoms with E-state index in [-0.39, 0.29) is 12.1 Å². The number of aliphatic hydroxyl groups is 1. The second-order valence-corrected chi connectivity index (χ2v) is 4.80. The minimum atomic E-state index is -0.275. The van der Waals surface area contributed by atoms with Crippen LogP contribution in [0.4, 0.5) is 0 Å². The second kappa shape index (κ2) is 4.38. The Kier molecular flexibility index (Phi) is 3.15. The largest absolute Gasteiger partial charge is 0.391 e. The summed E-state index contributed by atoms with van der Waals surface area (Å²) >= 11 is 1.64. The van der Waals surface area contributed by atoms with E-state index in [1.165, 1.54) is 6.42 Å². The van der Waals surface area contributed by atoms with E-state index in [1.807, 2.05) is 12.3 Å². The maximum Gasteiger partial charge on any atom is 0.0954 e. The third-order valence-corrected chi connectivity index (χ3v) is 3.60. The lowest BCUT2D eigenvalue weighted by atomic mass is 10.1. The van der Waals surface area contributed by atoms with E-state index in [0.29, 0.717) is 6.42 Å². The molecule has 1 saturated heterocycles. The van der Waals surface area contributed by atoms with Crippen LogP contribution < -0.4 is 5.32 Å². The van der Waals surface area contributed by atoms with Crippen LogP contribution in [0.2, 0.25) is 0 Å². The molecule has 2 N–H and O–H groups in total. The molecule has 1 fully saturated rings. The number of nitrogens with zero attached hydrogens (tertiary/aromatic N) is 1. The first-order valence-electron chi connectivity index (χ1n) is 5.08. The topological polar surface area (TPSA) is 45.1 Å². The lowest BCUT2D eigenvalue weighted by Gasteiger charge is -2.16. The SMILES string of the molecule is Cc1csc(CC(O)C2CCCN2)n1. The van der Waals surface area contributed by atoms with Gasteiger partial charge in [0.25, 0.3) is 0 Å². The zero-order valence-corrected chi connectivity index (χ0v) is 9.18. The zero-order chi connectivity index (χ0) is 9.97. The van der Waals surface area contributed by atoms with Crippen LogP contribution in [0.5, 0.6) is 0 Å². The van der Waals surface area contributed by atoms with Crippen molar-refractivity contribution in [2.75, 3.05) is 6.54 Å². The number of aliphatic hydroxyl groups excluding tert-OH is 1. The molecule has 78 valence electrons. The monoisotopic (exact) mass is 212 g/mol. The average molecular weight is 212 g/mol. The number of hydrogen-bond donors (Lipinski definition) is 2. The summed E-state index contributed by atoms with van der Waals surface area (Å²) in [6.45, 7) is 3.03. The zero-order valence-electron chi connectivity index (χ0n) is 8.36. The Bertz CT molecular complexity index is 294. The molecule has 0 aliphatic carbocycles. The van der Waals surface area contributed by atoms with Gasteiger partial charge in [-0.1, -0.05) is 0 Å². The third kappa shape index (κ3) is 2.32. The van der Waals surface area contributed by atoms with Crippen LogP contribution in [0.3, 0.4) is 0 Å². The maximum atomic E-state index is 9.92. The van der Waals surface area contributed by atoms with Crippen LogP contribution in [0.15, 0.2) is 5.38 Å². The first-order chi connectivity index (χ1) is 6.75. The highest BCUT2D eigenvalue weighted by atomic mass is 32.1. The predicted octanol–water partition coefficient (Wildman–Crippen LogP) is 1.11. The highest BCUT2D eigenvalue weighted by Crippen LogP contribution is 2.16. The van der Waals surface area contributed by atoms with Gasteiger partial charge >= 0.3 is 0 Å². The fraction of sp³-hybridized carbons (Fsp3) is 0.700. The highest BCUT2D eigenvalue weighted by Gasteiger charge is 2.23. The summed E-state index contributed by atoms with van der Waals surface area (Å²) in [6, 6.07) is 0.277. The molecule has 4 heteroatoms. The van der Waals surface area contributed by atoms with Gasteiger partial charge in [0.1, 0.15) is 0 Å². The summed E-state index contributed by atoms with van der Waals surface area (Å²) in [5.41, 5.74) is 1.05. The summed E-state index contributed by atoms with van der Waals surface area (Å²) in [6.07, 6.45) is 2.68. The van der Waals surface area contributed by atoms with Crippen molar-refractivity contribution in [1.29, 1.82) is 0 Å². The molecule has 0 bridgehead atoms. The molecular weight excluding hydrogens is 196 g/mol. The molecular formula is C10H16N2OS. The van der Waals surface area contributed by atoms with Gasteiger partial charge in [-0.2, -0.15) is 0 Å². The second-order valence-electron chi connectivity index (χ2n) is 3.86. The van der Waals surface area contributed by atoms with Gasteiger partial charge in [-0.05, 0) is 26.3 Å². The minimum absolute atomic E-state index is 0.275. The van der Waals surface area contributed by atoms with Crippen molar-refractivity contribution < 1.29 is 5.11 Å². The first-order valence-corrected chi connectivity index (χ1v) is 5.96. The molecule has 3 nitrogen and oxygen atoms in total. The van der Waals surface area contributed by atoms with Crippen LogP contribution in [0.1, 0.15) is 23.5 Å². The van der Waals surface area contributed by atoms with Gasteiger partial charge in [-0.15, -0.1) is 11.3 Å². The van der Waals surface area contributed by atoms with Crippen molar-refractivity contribution in [2.24, 2.45) is 0 Å². The molecule has 2 rings (SSSR count). The number of nitrogens with one attached hydrogen (secondary N) is 1.